The summed E-state index contributed by atoms with van der Waals surface area (Å²) >= 11 is 1.20. The van der Waals surface area contributed by atoms with Gasteiger partial charge in [-0.1, -0.05) is 49.6 Å². The second-order valence-electron chi connectivity index (χ2n) is 7.96. The smallest absolute Gasteiger partial charge is 0.262 e. The Labute approximate surface area is 197 Å². The Morgan fingerprint density at radius 3 is 2.67 bits per heavy atom. The van der Waals surface area contributed by atoms with Crippen LogP contribution in [0.4, 0.5) is 5.69 Å². The van der Waals surface area contributed by atoms with Gasteiger partial charge in [0.2, 0.25) is 5.91 Å². The molecule has 1 heterocycles. The van der Waals surface area contributed by atoms with Gasteiger partial charge < -0.3 is 14.5 Å². The highest BCUT2D eigenvalue weighted by Crippen LogP contribution is 2.29. The van der Waals surface area contributed by atoms with Crippen LogP contribution < -0.4 is 14.8 Å². The molecule has 4 rings (SSSR count). The lowest BCUT2D eigenvalue weighted by Gasteiger charge is -2.15. The van der Waals surface area contributed by atoms with Gasteiger partial charge in [0.15, 0.2) is 5.58 Å². The maximum atomic E-state index is 12.9. The van der Waals surface area contributed by atoms with Crippen LogP contribution in [-0.2, 0) is 14.8 Å². The molecule has 0 radical (unpaired) electrons. The third-order valence-electron chi connectivity index (χ3n) is 5.55. The summed E-state index contributed by atoms with van der Waals surface area (Å²) in [6.45, 7) is 0. The number of anilines is 1. The van der Waals surface area contributed by atoms with E-state index in [-0.39, 0.29) is 22.6 Å². The van der Waals surface area contributed by atoms with E-state index in [0.717, 1.165) is 25.7 Å². The number of carbonyl (C=O) groups is 1. The first-order valence-electron chi connectivity index (χ1n) is 10.9. The Balaban J connectivity index is 1.42. The molecule has 1 aromatic heterocycles. The summed E-state index contributed by atoms with van der Waals surface area (Å²) in [7, 11) is -2.38. The number of hydrogen-bond donors (Lipinski definition) is 2. The topological polar surface area (TPSA) is 111 Å². The quantitative estimate of drug-likeness (QED) is 0.352. The van der Waals surface area contributed by atoms with Crippen molar-refractivity contribution in [3.63, 3.8) is 0 Å². The standard InChI is InChI=1S/C23H27N3O5S2/c1-30-20-11-7-6-10-18(20)26-33(28,29)17-12-13-21-19(14-17)25-23(31-21)32-15-22(27)24-16-8-4-2-3-5-9-16/h6-7,10-14,16,26H,2-5,8-9,15H2,1H3,(H,24,27). The van der Waals surface area contributed by atoms with Crippen LogP contribution in [0.5, 0.6) is 5.75 Å². The number of sulfonamides is 1. The van der Waals surface area contributed by atoms with Crippen LogP contribution in [0.3, 0.4) is 0 Å². The number of nitrogens with zero attached hydrogens (tertiary/aromatic N) is 1. The molecule has 1 saturated carbocycles. The maximum Gasteiger partial charge on any atom is 0.262 e. The van der Waals surface area contributed by atoms with Gasteiger partial charge in [-0.3, -0.25) is 9.52 Å². The van der Waals surface area contributed by atoms with Crippen molar-refractivity contribution in [2.75, 3.05) is 17.6 Å². The second kappa shape index (κ2) is 10.5. The number of hydrogen-bond acceptors (Lipinski definition) is 7. The van der Waals surface area contributed by atoms with Gasteiger partial charge in [0, 0.05) is 6.04 Å². The molecular formula is C23H27N3O5S2. The van der Waals surface area contributed by atoms with Gasteiger partial charge in [0.05, 0.1) is 23.4 Å². The van der Waals surface area contributed by atoms with E-state index in [1.54, 1.807) is 30.3 Å². The van der Waals surface area contributed by atoms with E-state index in [4.69, 9.17) is 9.15 Å². The summed E-state index contributed by atoms with van der Waals surface area (Å²) in [5.41, 5.74) is 1.21. The lowest BCUT2D eigenvalue weighted by Crippen LogP contribution is -2.35. The monoisotopic (exact) mass is 489 g/mol. The molecule has 1 fully saturated rings. The molecular weight excluding hydrogens is 462 g/mol. The highest BCUT2D eigenvalue weighted by atomic mass is 32.2. The molecule has 2 N–H and O–H groups in total. The van der Waals surface area contributed by atoms with Crippen molar-refractivity contribution in [2.24, 2.45) is 0 Å². The number of methoxy groups -OCH3 is 1. The molecule has 1 aliphatic carbocycles. The predicted molar refractivity (Wildman–Crippen MR) is 128 cm³/mol. The number of amides is 1. The lowest BCUT2D eigenvalue weighted by atomic mass is 10.1. The van der Waals surface area contributed by atoms with E-state index < -0.39 is 10.0 Å². The summed E-state index contributed by atoms with van der Waals surface area (Å²) in [5.74, 6) is 0.576. The van der Waals surface area contributed by atoms with Gasteiger partial charge in [-0.2, -0.15) is 0 Å². The lowest BCUT2D eigenvalue weighted by molar-refractivity contribution is -0.119. The van der Waals surface area contributed by atoms with Crippen LogP contribution in [0.1, 0.15) is 38.5 Å². The number of carbonyl (C=O) groups excluding carboxylic acids is 1. The molecule has 176 valence electrons. The van der Waals surface area contributed by atoms with Crippen LogP contribution in [0.2, 0.25) is 0 Å². The molecule has 0 saturated heterocycles. The third kappa shape index (κ3) is 6.00. The number of benzene rings is 2. The summed E-state index contributed by atoms with van der Waals surface area (Å²) < 4.78 is 39.2. The SMILES string of the molecule is COc1ccccc1NS(=O)(=O)c1ccc2oc(SCC(=O)NC3CCCCCC3)nc2c1. The number of ether oxygens (including phenoxy) is 1. The predicted octanol–water partition coefficient (Wildman–Crippen LogP) is 4.57. The molecule has 0 aliphatic heterocycles. The van der Waals surface area contributed by atoms with Crippen LogP contribution in [0, 0.1) is 0 Å². The van der Waals surface area contributed by atoms with Crippen molar-refractivity contribution in [3.05, 3.63) is 42.5 Å². The van der Waals surface area contributed by atoms with Gasteiger partial charge in [-0.25, -0.2) is 13.4 Å². The van der Waals surface area contributed by atoms with Crippen molar-refractivity contribution < 1.29 is 22.4 Å². The molecule has 3 aromatic rings. The Morgan fingerprint density at radius 2 is 1.91 bits per heavy atom. The fourth-order valence-electron chi connectivity index (χ4n) is 3.87. The highest BCUT2D eigenvalue weighted by molar-refractivity contribution is 7.99. The first-order valence-corrected chi connectivity index (χ1v) is 13.4. The highest BCUT2D eigenvalue weighted by Gasteiger charge is 2.19. The number of oxazole rings is 1. The third-order valence-corrected chi connectivity index (χ3v) is 7.74. The van der Waals surface area contributed by atoms with Crippen LogP contribution in [-0.4, -0.2) is 38.2 Å². The summed E-state index contributed by atoms with van der Waals surface area (Å²) in [6, 6.07) is 11.5. The van der Waals surface area contributed by atoms with E-state index in [0.29, 0.717) is 27.8 Å². The van der Waals surface area contributed by atoms with Gasteiger partial charge >= 0.3 is 0 Å². The van der Waals surface area contributed by atoms with Crippen molar-refractivity contribution >= 4 is 44.5 Å². The average molecular weight is 490 g/mol. The minimum atomic E-state index is -3.86. The Hall–Kier alpha value is -2.72. The zero-order valence-corrected chi connectivity index (χ0v) is 20.0. The number of rotatable bonds is 8. The van der Waals surface area contributed by atoms with Gasteiger partial charge in [-0.15, -0.1) is 0 Å². The Bertz CT molecular complexity index is 1220. The van der Waals surface area contributed by atoms with Crippen molar-refractivity contribution in [1.29, 1.82) is 0 Å². The number of nitrogens with one attached hydrogen (secondary N) is 2. The molecule has 0 atom stereocenters. The first-order chi connectivity index (χ1) is 15.9. The normalized spacial score (nSPS) is 15.2. The fraction of sp³-hybridized carbons (Fsp3) is 0.391. The largest absolute Gasteiger partial charge is 0.495 e. The van der Waals surface area contributed by atoms with Crippen molar-refractivity contribution in [2.45, 2.75) is 54.7 Å². The molecule has 2 aromatic carbocycles. The molecule has 10 heteroatoms. The molecule has 0 spiro atoms. The van der Waals surface area contributed by atoms with E-state index in [1.807, 2.05) is 0 Å². The second-order valence-corrected chi connectivity index (χ2v) is 10.6. The number of thioether (sulfide) groups is 1. The number of para-hydroxylation sites is 2. The molecule has 0 unspecified atom stereocenters. The maximum absolute atomic E-state index is 12.9. The Kier molecular flexibility index (Phi) is 7.44. The van der Waals surface area contributed by atoms with Crippen LogP contribution in [0.15, 0.2) is 57.0 Å². The van der Waals surface area contributed by atoms with Gasteiger partial charge in [0.25, 0.3) is 15.2 Å². The van der Waals surface area contributed by atoms with E-state index in [2.05, 4.69) is 15.0 Å². The molecule has 0 bridgehead atoms. The van der Waals surface area contributed by atoms with Gasteiger partial charge in [0.1, 0.15) is 11.3 Å². The molecule has 1 amide bonds. The van der Waals surface area contributed by atoms with Crippen molar-refractivity contribution in [3.8, 4) is 5.75 Å². The van der Waals surface area contributed by atoms with Crippen LogP contribution >= 0.6 is 11.8 Å². The molecule has 1 aliphatic rings. The number of fused-ring (bicyclic) bond motifs is 1. The Morgan fingerprint density at radius 1 is 1.15 bits per heavy atom. The minimum Gasteiger partial charge on any atom is -0.495 e. The zero-order valence-electron chi connectivity index (χ0n) is 18.4. The summed E-state index contributed by atoms with van der Waals surface area (Å²) in [6.07, 6.45) is 6.83. The first kappa shape index (κ1) is 23.4. The van der Waals surface area contributed by atoms with Crippen LogP contribution in [0.25, 0.3) is 11.1 Å². The molecule has 8 nitrogen and oxygen atoms in total. The van der Waals surface area contributed by atoms with E-state index >= 15 is 0 Å². The van der Waals surface area contributed by atoms with Gasteiger partial charge in [-0.05, 0) is 43.2 Å². The van der Waals surface area contributed by atoms with Crippen molar-refractivity contribution in [1.82, 2.24) is 10.3 Å². The minimum absolute atomic E-state index is 0.0431. The summed E-state index contributed by atoms with van der Waals surface area (Å²) in [4.78, 5) is 16.7. The van der Waals surface area contributed by atoms with E-state index in [9.17, 15) is 13.2 Å². The summed E-state index contributed by atoms with van der Waals surface area (Å²) in [5, 5.41) is 3.42. The average Bonchev–Trinajstić information content (AvgIpc) is 3.05. The zero-order chi connectivity index (χ0) is 23.3. The molecule has 33 heavy (non-hydrogen) atoms. The van der Waals surface area contributed by atoms with E-state index in [1.165, 1.54) is 43.8 Å². The fourth-order valence-corrected chi connectivity index (χ4v) is 5.61. The number of aromatic nitrogens is 1.